The summed E-state index contributed by atoms with van der Waals surface area (Å²) in [6.45, 7) is 1.79. The molecule has 1 rings (SSSR count). The summed E-state index contributed by atoms with van der Waals surface area (Å²) < 4.78 is 0. The van der Waals surface area contributed by atoms with Gasteiger partial charge >= 0.3 is 0 Å². The van der Waals surface area contributed by atoms with Crippen molar-refractivity contribution in [1.29, 1.82) is 0 Å². The Morgan fingerprint density at radius 1 is 1.29 bits per heavy atom. The largest absolute Gasteiger partial charge is 0.340 e. The molecule has 0 aromatic rings. The third-order valence-corrected chi connectivity index (χ3v) is 4.36. The summed E-state index contributed by atoms with van der Waals surface area (Å²) in [5, 5.41) is 5.91. The Morgan fingerprint density at radius 3 is 2.76 bits per heavy atom. The first-order valence-corrected chi connectivity index (χ1v) is 8.56. The normalized spacial score (nSPS) is 26.8. The first-order chi connectivity index (χ1) is 10.0. The van der Waals surface area contributed by atoms with E-state index >= 15 is 0 Å². The molecule has 1 amide bonds. The topological polar surface area (TPSA) is 101 Å². The molecule has 1 saturated heterocycles. The maximum absolute atomic E-state index is 11.8. The molecule has 0 aromatic carbocycles. The van der Waals surface area contributed by atoms with Crippen molar-refractivity contribution in [1.82, 2.24) is 10.6 Å². The van der Waals surface area contributed by atoms with E-state index in [4.69, 9.17) is 5.73 Å². The Labute approximate surface area is 130 Å². The summed E-state index contributed by atoms with van der Waals surface area (Å²) in [4.78, 5) is 35.2. The first-order valence-electron chi connectivity index (χ1n) is 7.40. The lowest BCUT2D eigenvalue weighted by Crippen LogP contribution is -2.52. The van der Waals surface area contributed by atoms with E-state index in [2.05, 4.69) is 10.6 Å². The number of carbonyl (C=O) groups excluding carboxylic acids is 3. The minimum atomic E-state index is -0.336. The van der Waals surface area contributed by atoms with Crippen LogP contribution in [0, 0.1) is 0 Å². The molecule has 1 heterocycles. The molecule has 0 spiro atoms. The van der Waals surface area contributed by atoms with Crippen molar-refractivity contribution in [2.75, 3.05) is 18.1 Å². The third-order valence-electron chi connectivity index (χ3n) is 3.36. The van der Waals surface area contributed by atoms with Gasteiger partial charge < -0.3 is 11.1 Å². The van der Waals surface area contributed by atoms with E-state index in [1.54, 1.807) is 6.92 Å². The molecule has 0 bridgehead atoms. The van der Waals surface area contributed by atoms with Gasteiger partial charge in [-0.05, 0) is 19.8 Å². The van der Waals surface area contributed by atoms with E-state index in [-0.39, 0.29) is 42.0 Å². The number of hydrogen-bond donors (Lipinski definition) is 3. The molecule has 21 heavy (non-hydrogen) atoms. The molecule has 6 nitrogen and oxygen atoms in total. The van der Waals surface area contributed by atoms with Crippen LogP contribution in [0.1, 0.15) is 39.0 Å². The summed E-state index contributed by atoms with van der Waals surface area (Å²) in [5.41, 5.74) is 5.43. The number of thioether (sulfide) groups is 1. The predicted octanol–water partition coefficient (Wildman–Crippen LogP) is 0.201. The second-order valence-electron chi connectivity index (χ2n) is 5.31. The fraction of sp³-hybridized carbons (Fsp3) is 0.786. The van der Waals surface area contributed by atoms with Gasteiger partial charge in [0.2, 0.25) is 5.91 Å². The number of amides is 1. The van der Waals surface area contributed by atoms with Crippen LogP contribution in [0.5, 0.6) is 0 Å². The second kappa shape index (κ2) is 9.92. The molecule has 1 fully saturated rings. The highest BCUT2D eigenvalue weighted by Gasteiger charge is 2.20. The SMILES string of the molecule is CC1NC(=O)CSCC(=O)CCCCCC(C(=O)CN)N1. The van der Waals surface area contributed by atoms with Crippen LogP contribution < -0.4 is 16.4 Å². The molecule has 120 valence electrons. The van der Waals surface area contributed by atoms with E-state index in [1.807, 2.05) is 0 Å². The molecular formula is C14H25N3O3S. The van der Waals surface area contributed by atoms with Crippen molar-refractivity contribution in [2.24, 2.45) is 5.73 Å². The number of Topliss-reactive ketones (excluding diaryl/α,β-unsaturated/α-hetero) is 2. The monoisotopic (exact) mass is 315 g/mol. The lowest BCUT2D eigenvalue weighted by molar-refractivity contribution is -0.122. The standard InChI is InChI=1S/C14H25N3O3S/c1-10-16-12(13(19)7-15)6-4-2-3-5-11(18)8-21-9-14(20)17-10/h10,12,16H,2-9,15H2,1H3,(H,17,20). The molecule has 1 aliphatic heterocycles. The number of hydrogen-bond acceptors (Lipinski definition) is 6. The van der Waals surface area contributed by atoms with Crippen LogP contribution >= 0.6 is 11.8 Å². The second-order valence-corrected chi connectivity index (χ2v) is 6.30. The van der Waals surface area contributed by atoms with Crippen molar-refractivity contribution in [2.45, 2.75) is 51.2 Å². The van der Waals surface area contributed by atoms with Crippen molar-refractivity contribution in [3.8, 4) is 0 Å². The van der Waals surface area contributed by atoms with Crippen LogP contribution in [0.15, 0.2) is 0 Å². The summed E-state index contributed by atoms with van der Waals surface area (Å²) in [6.07, 6.45) is 3.56. The molecule has 0 aromatic heterocycles. The van der Waals surface area contributed by atoms with Crippen LogP contribution in [0.4, 0.5) is 0 Å². The highest BCUT2D eigenvalue weighted by atomic mass is 32.2. The molecule has 0 radical (unpaired) electrons. The van der Waals surface area contributed by atoms with Gasteiger partial charge in [-0.2, -0.15) is 0 Å². The maximum atomic E-state index is 11.8. The smallest absolute Gasteiger partial charge is 0.231 e. The van der Waals surface area contributed by atoms with Gasteiger partial charge in [0.25, 0.3) is 0 Å². The van der Waals surface area contributed by atoms with E-state index < -0.39 is 0 Å². The average Bonchev–Trinajstić information content (AvgIpc) is 2.43. The Balaban J connectivity index is 2.61. The van der Waals surface area contributed by atoms with E-state index in [9.17, 15) is 14.4 Å². The molecule has 0 aliphatic carbocycles. The van der Waals surface area contributed by atoms with E-state index in [1.165, 1.54) is 11.8 Å². The van der Waals surface area contributed by atoms with Gasteiger partial charge in [0, 0.05) is 6.42 Å². The molecule has 2 atom stereocenters. The van der Waals surface area contributed by atoms with Gasteiger partial charge in [-0.3, -0.25) is 19.7 Å². The van der Waals surface area contributed by atoms with Crippen molar-refractivity contribution < 1.29 is 14.4 Å². The highest BCUT2D eigenvalue weighted by molar-refractivity contribution is 8.00. The van der Waals surface area contributed by atoms with Crippen LogP contribution in [-0.2, 0) is 14.4 Å². The number of ketones is 2. The lowest BCUT2D eigenvalue weighted by atomic mass is 10.0. The molecule has 7 heteroatoms. The first kappa shape index (κ1) is 18.1. The van der Waals surface area contributed by atoms with Gasteiger partial charge in [-0.1, -0.05) is 12.8 Å². The zero-order valence-electron chi connectivity index (χ0n) is 12.5. The van der Waals surface area contributed by atoms with Gasteiger partial charge in [0.1, 0.15) is 5.78 Å². The zero-order valence-corrected chi connectivity index (χ0v) is 13.3. The molecule has 0 saturated carbocycles. The average molecular weight is 315 g/mol. The zero-order chi connectivity index (χ0) is 15.7. The number of carbonyl (C=O) groups is 3. The fourth-order valence-corrected chi connectivity index (χ4v) is 3.03. The van der Waals surface area contributed by atoms with E-state index in [0.717, 1.165) is 19.3 Å². The molecule has 1 aliphatic rings. The summed E-state index contributed by atoms with van der Waals surface area (Å²) in [5.74, 6) is 0.652. The Morgan fingerprint density at radius 2 is 2.05 bits per heavy atom. The molecule has 4 N–H and O–H groups in total. The minimum absolute atomic E-state index is 0.00727. The van der Waals surface area contributed by atoms with Gasteiger partial charge in [-0.15, -0.1) is 11.8 Å². The predicted molar refractivity (Wildman–Crippen MR) is 84.0 cm³/mol. The van der Waals surface area contributed by atoms with Crippen LogP contribution in [0.25, 0.3) is 0 Å². The van der Waals surface area contributed by atoms with Crippen LogP contribution in [0.3, 0.4) is 0 Å². The number of nitrogens with one attached hydrogen (secondary N) is 2. The van der Waals surface area contributed by atoms with Crippen molar-refractivity contribution in [3.05, 3.63) is 0 Å². The van der Waals surface area contributed by atoms with Crippen molar-refractivity contribution >= 4 is 29.2 Å². The van der Waals surface area contributed by atoms with E-state index in [0.29, 0.717) is 18.6 Å². The van der Waals surface area contributed by atoms with Crippen LogP contribution in [0.2, 0.25) is 0 Å². The third kappa shape index (κ3) is 7.59. The van der Waals surface area contributed by atoms with Crippen LogP contribution in [-0.4, -0.2) is 47.7 Å². The summed E-state index contributed by atoms with van der Waals surface area (Å²) >= 11 is 1.33. The summed E-state index contributed by atoms with van der Waals surface area (Å²) in [7, 11) is 0. The summed E-state index contributed by atoms with van der Waals surface area (Å²) in [6, 6.07) is -0.336. The Kier molecular flexibility index (Phi) is 8.56. The maximum Gasteiger partial charge on any atom is 0.231 e. The molecular weight excluding hydrogens is 290 g/mol. The molecule has 2 unspecified atom stereocenters. The van der Waals surface area contributed by atoms with Crippen molar-refractivity contribution in [3.63, 3.8) is 0 Å². The lowest BCUT2D eigenvalue weighted by Gasteiger charge is -2.23. The minimum Gasteiger partial charge on any atom is -0.340 e. The van der Waals surface area contributed by atoms with Gasteiger partial charge in [-0.25, -0.2) is 0 Å². The Hall–Kier alpha value is -0.920. The van der Waals surface area contributed by atoms with Gasteiger partial charge in [0.15, 0.2) is 5.78 Å². The Bertz CT molecular complexity index is 376. The highest BCUT2D eigenvalue weighted by Crippen LogP contribution is 2.10. The fourth-order valence-electron chi connectivity index (χ4n) is 2.28. The quantitative estimate of drug-likeness (QED) is 0.673. The van der Waals surface area contributed by atoms with Gasteiger partial charge in [0.05, 0.1) is 30.3 Å². The number of nitrogens with two attached hydrogens (primary N) is 1. The number of rotatable bonds is 2.